The van der Waals surface area contributed by atoms with Crippen molar-refractivity contribution < 1.29 is 13.2 Å². The number of carbonyl (C=O) groups is 1. The quantitative estimate of drug-likeness (QED) is 0.630. The van der Waals surface area contributed by atoms with Crippen LogP contribution in [-0.4, -0.2) is 30.8 Å². The lowest BCUT2D eigenvalue weighted by molar-refractivity contribution is 0.102. The van der Waals surface area contributed by atoms with Crippen LogP contribution in [0, 0.1) is 0 Å². The number of amides is 1. The molecule has 0 bridgehead atoms. The molecule has 1 amide bonds. The molecule has 0 fully saturated rings. The molecule has 0 saturated carbocycles. The van der Waals surface area contributed by atoms with Crippen LogP contribution in [0.15, 0.2) is 47.4 Å². The largest absolute Gasteiger partial charge is 0.296 e. The molecule has 0 aliphatic rings. The van der Waals surface area contributed by atoms with Gasteiger partial charge in [0.1, 0.15) is 5.01 Å². The number of benzene rings is 2. The fourth-order valence-electron chi connectivity index (χ4n) is 2.47. The van der Waals surface area contributed by atoms with E-state index in [0.29, 0.717) is 16.1 Å². The third kappa shape index (κ3) is 4.57. The highest BCUT2D eigenvalue weighted by Gasteiger charge is 2.17. The maximum atomic E-state index is 12.5. The molecule has 3 rings (SSSR count). The predicted molar refractivity (Wildman–Crippen MR) is 112 cm³/mol. The maximum Gasteiger partial charge on any atom is 0.259 e. The summed E-state index contributed by atoms with van der Waals surface area (Å²) in [7, 11) is -3.45. The van der Waals surface area contributed by atoms with Gasteiger partial charge in [0, 0.05) is 11.8 Å². The molecule has 1 N–H and O–H groups in total. The fourth-order valence-corrected chi connectivity index (χ4v) is 4.07. The topological polar surface area (TPSA) is 89.0 Å². The van der Waals surface area contributed by atoms with Crippen molar-refractivity contribution in [2.45, 2.75) is 24.7 Å². The SMILES string of the molecule is CC(C)c1ccc(-c2nnc(NC(=O)c3cc(S(C)(=O)=O)ccc3Cl)s2)cc1. The molecule has 0 unspecified atom stereocenters. The van der Waals surface area contributed by atoms with Crippen molar-refractivity contribution in [2.24, 2.45) is 0 Å². The van der Waals surface area contributed by atoms with Crippen LogP contribution >= 0.6 is 22.9 Å². The summed E-state index contributed by atoms with van der Waals surface area (Å²) in [6, 6.07) is 12.0. The summed E-state index contributed by atoms with van der Waals surface area (Å²) in [4.78, 5) is 12.5. The van der Waals surface area contributed by atoms with Crippen LogP contribution in [0.3, 0.4) is 0 Å². The van der Waals surface area contributed by atoms with Crippen LogP contribution in [-0.2, 0) is 9.84 Å². The number of sulfone groups is 1. The molecule has 6 nitrogen and oxygen atoms in total. The van der Waals surface area contributed by atoms with Crippen molar-refractivity contribution in [1.82, 2.24) is 10.2 Å². The minimum atomic E-state index is -3.45. The van der Waals surface area contributed by atoms with Gasteiger partial charge in [0.25, 0.3) is 5.91 Å². The molecular weight excluding hydrogens is 418 g/mol. The second-order valence-electron chi connectivity index (χ2n) is 6.56. The summed E-state index contributed by atoms with van der Waals surface area (Å²) in [5.74, 6) is -0.112. The zero-order chi connectivity index (χ0) is 20.5. The van der Waals surface area contributed by atoms with Crippen molar-refractivity contribution in [1.29, 1.82) is 0 Å². The molecule has 0 aliphatic heterocycles. The number of nitrogens with zero attached hydrogens (tertiary/aromatic N) is 2. The molecule has 3 aromatic rings. The van der Waals surface area contributed by atoms with E-state index in [2.05, 4.69) is 29.4 Å². The van der Waals surface area contributed by atoms with Gasteiger partial charge in [0.15, 0.2) is 9.84 Å². The number of hydrogen-bond donors (Lipinski definition) is 1. The molecule has 1 aromatic heterocycles. The van der Waals surface area contributed by atoms with Crippen LogP contribution in [0.25, 0.3) is 10.6 Å². The van der Waals surface area contributed by atoms with Crippen LogP contribution in [0.5, 0.6) is 0 Å². The number of aromatic nitrogens is 2. The molecule has 9 heteroatoms. The molecular formula is C19H18ClN3O3S2. The monoisotopic (exact) mass is 435 g/mol. The van der Waals surface area contributed by atoms with Crippen LogP contribution < -0.4 is 5.32 Å². The maximum absolute atomic E-state index is 12.5. The van der Waals surface area contributed by atoms with E-state index in [1.807, 2.05) is 24.3 Å². The Hall–Kier alpha value is -2.29. The molecule has 28 heavy (non-hydrogen) atoms. The fraction of sp³-hybridized carbons (Fsp3) is 0.211. The van der Waals surface area contributed by atoms with Gasteiger partial charge in [0.05, 0.1) is 15.5 Å². The van der Waals surface area contributed by atoms with E-state index in [4.69, 9.17) is 11.6 Å². The van der Waals surface area contributed by atoms with Gasteiger partial charge < -0.3 is 0 Å². The number of hydrogen-bond acceptors (Lipinski definition) is 6. The van der Waals surface area contributed by atoms with Gasteiger partial charge in [-0.1, -0.05) is 61.1 Å². The number of anilines is 1. The van der Waals surface area contributed by atoms with E-state index < -0.39 is 15.7 Å². The molecule has 0 radical (unpaired) electrons. The number of nitrogens with one attached hydrogen (secondary N) is 1. The third-order valence-corrected chi connectivity index (χ3v) is 6.41. The minimum Gasteiger partial charge on any atom is -0.296 e. The highest BCUT2D eigenvalue weighted by Crippen LogP contribution is 2.29. The molecule has 0 atom stereocenters. The van der Waals surface area contributed by atoms with Crippen molar-refractivity contribution in [3.8, 4) is 10.6 Å². The first-order valence-electron chi connectivity index (χ1n) is 8.40. The van der Waals surface area contributed by atoms with E-state index >= 15 is 0 Å². The highest BCUT2D eigenvalue weighted by molar-refractivity contribution is 7.90. The summed E-state index contributed by atoms with van der Waals surface area (Å²) in [6.45, 7) is 4.25. The molecule has 146 valence electrons. The van der Waals surface area contributed by atoms with Gasteiger partial charge in [-0.25, -0.2) is 8.42 Å². The van der Waals surface area contributed by atoms with E-state index in [-0.39, 0.29) is 15.5 Å². The van der Waals surface area contributed by atoms with Gasteiger partial charge in [0.2, 0.25) is 5.13 Å². The van der Waals surface area contributed by atoms with Crippen molar-refractivity contribution in [2.75, 3.05) is 11.6 Å². The Balaban J connectivity index is 1.81. The van der Waals surface area contributed by atoms with E-state index in [1.54, 1.807) is 0 Å². The Morgan fingerprint density at radius 1 is 1.11 bits per heavy atom. The second kappa shape index (κ2) is 7.98. The van der Waals surface area contributed by atoms with Gasteiger partial charge in [-0.15, -0.1) is 10.2 Å². The van der Waals surface area contributed by atoms with Crippen LogP contribution in [0.1, 0.15) is 35.7 Å². The minimum absolute atomic E-state index is 0.0187. The molecule has 0 saturated heterocycles. The Bertz CT molecular complexity index is 1120. The van der Waals surface area contributed by atoms with Gasteiger partial charge in [-0.05, 0) is 29.7 Å². The third-order valence-electron chi connectivity index (χ3n) is 4.08. The summed E-state index contributed by atoms with van der Waals surface area (Å²) < 4.78 is 23.4. The van der Waals surface area contributed by atoms with Gasteiger partial charge in [-0.3, -0.25) is 10.1 Å². The van der Waals surface area contributed by atoms with Crippen molar-refractivity contribution in [3.05, 3.63) is 58.6 Å². The van der Waals surface area contributed by atoms with Gasteiger partial charge >= 0.3 is 0 Å². The Morgan fingerprint density at radius 2 is 1.79 bits per heavy atom. The summed E-state index contributed by atoms with van der Waals surface area (Å²) in [5, 5.41) is 11.8. The summed E-state index contributed by atoms with van der Waals surface area (Å²) >= 11 is 7.28. The molecule has 1 heterocycles. The van der Waals surface area contributed by atoms with Gasteiger partial charge in [-0.2, -0.15) is 0 Å². The Morgan fingerprint density at radius 3 is 2.39 bits per heavy atom. The van der Waals surface area contributed by atoms with Crippen LogP contribution in [0.4, 0.5) is 5.13 Å². The lowest BCUT2D eigenvalue weighted by atomic mass is 10.0. The number of halogens is 1. The second-order valence-corrected chi connectivity index (χ2v) is 9.96. The predicted octanol–water partition coefficient (Wildman–Crippen LogP) is 4.64. The Kier molecular flexibility index (Phi) is 5.83. The van der Waals surface area contributed by atoms with Crippen molar-refractivity contribution >= 4 is 43.8 Å². The average molecular weight is 436 g/mol. The molecule has 0 aliphatic carbocycles. The summed E-state index contributed by atoms with van der Waals surface area (Å²) in [5.41, 5.74) is 2.18. The zero-order valence-corrected chi connectivity index (χ0v) is 17.8. The van der Waals surface area contributed by atoms with Crippen molar-refractivity contribution in [3.63, 3.8) is 0 Å². The first-order valence-corrected chi connectivity index (χ1v) is 11.5. The lowest BCUT2D eigenvalue weighted by Gasteiger charge is -2.06. The number of carbonyl (C=O) groups excluding carboxylic acids is 1. The first-order chi connectivity index (χ1) is 13.1. The summed E-state index contributed by atoms with van der Waals surface area (Å²) in [6.07, 6.45) is 1.07. The standard InChI is InChI=1S/C19H18ClN3O3S2/c1-11(2)12-4-6-13(7-5-12)18-22-23-19(27-18)21-17(24)15-10-14(28(3,25)26)8-9-16(15)20/h4-11H,1-3H3,(H,21,23,24). The number of rotatable bonds is 5. The zero-order valence-electron chi connectivity index (χ0n) is 15.4. The van der Waals surface area contributed by atoms with E-state index in [1.165, 1.54) is 35.1 Å². The molecule has 2 aromatic carbocycles. The molecule has 0 spiro atoms. The first kappa shape index (κ1) is 20.4. The lowest BCUT2D eigenvalue weighted by Crippen LogP contribution is -2.13. The smallest absolute Gasteiger partial charge is 0.259 e. The van der Waals surface area contributed by atoms with E-state index in [9.17, 15) is 13.2 Å². The normalized spacial score (nSPS) is 11.6. The van der Waals surface area contributed by atoms with Crippen LogP contribution in [0.2, 0.25) is 5.02 Å². The Labute approximate surface area is 172 Å². The van der Waals surface area contributed by atoms with E-state index in [0.717, 1.165) is 11.8 Å². The highest BCUT2D eigenvalue weighted by atomic mass is 35.5. The average Bonchev–Trinajstić information content (AvgIpc) is 3.09.